The second-order valence-electron chi connectivity index (χ2n) is 12.9. The number of alkyl halides is 32. The normalized spacial score (nSPS) is 15.5. The van der Waals surface area contributed by atoms with Gasteiger partial charge in [-0.2, -0.15) is 140 Å². The zero-order chi connectivity index (χ0) is 51.4. The summed E-state index contributed by atoms with van der Waals surface area (Å²) in [6, 6.07) is -5.00. The fraction of sp³-hybridized carbons (Fsp3) is 0.438. The number of rotatable bonds is 13. The van der Waals surface area contributed by atoms with Crippen molar-refractivity contribution in [1.82, 2.24) is 0 Å². The highest BCUT2D eigenvalue weighted by Gasteiger charge is 2.92. The molecule has 0 aliphatic rings. The number of halogens is 32. The maximum Gasteiger partial charge on any atom is 0.460 e. The molecule has 368 valence electrons. The molecule has 0 aromatic heterocycles. The molecule has 65 heavy (non-hydrogen) atoms. The predicted octanol–water partition coefficient (Wildman–Crippen LogP) is 13.9. The zero-order valence-corrected chi connectivity index (χ0v) is 30.3. The van der Waals surface area contributed by atoms with Crippen LogP contribution in [0, 0.1) is 0 Å². The van der Waals surface area contributed by atoms with E-state index in [-0.39, 0.29) is 36.4 Å². The number of benzene rings is 3. The van der Waals surface area contributed by atoms with Gasteiger partial charge in [0.05, 0.1) is 11.1 Å². The maximum atomic E-state index is 14.9. The van der Waals surface area contributed by atoms with Gasteiger partial charge in [0.25, 0.3) is 0 Å². The third-order valence-electron chi connectivity index (χ3n) is 8.67. The number of hydrogen-bond acceptors (Lipinski definition) is 0. The van der Waals surface area contributed by atoms with Crippen molar-refractivity contribution in [3.63, 3.8) is 0 Å². The SMILES string of the molecule is FC(F)(F)c1cc(P(c2ccc(C(F)(F)C(F)(F)C(F)(F)C(F)(F)C(F)(F)C(F)(F)F)cc2)c2ccc(C(F)(F)C(F)(F)C(F)(F)C(F)(F)C(F)(F)C(F)(F)F)cc2)cc(C(F)(F)F)c1. The Morgan fingerprint density at radius 2 is 0.462 bits per heavy atom. The largest absolute Gasteiger partial charge is 0.460 e. The molecular weight excluding hydrogens is 1020 g/mol. The molecule has 0 nitrogen and oxygen atoms in total. The molecule has 33 heteroatoms. The Morgan fingerprint density at radius 1 is 0.231 bits per heavy atom. The van der Waals surface area contributed by atoms with E-state index in [2.05, 4.69) is 0 Å². The summed E-state index contributed by atoms with van der Waals surface area (Å²) in [5.74, 6) is -80.1. The van der Waals surface area contributed by atoms with E-state index < -0.39 is 160 Å². The lowest BCUT2D eigenvalue weighted by molar-refractivity contribution is -0.441. The zero-order valence-electron chi connectivity index (χ0n) is 29.4. The maximum absolute atomic E-state index is 14.9. The molecule has 0 aliphatic carbocycles. The summed E-state index contributed by atoms with van der Waals surface area (Å²) < 4.78 is 439. The summed E-state index contributed by atoms with van der Waals surface area (Å²) in [5.41, 5.74) is -10.3. The Balaban J connectivity index is 2.33. The van der Waals surface area contributed by atoms with Crippen molar-refractivity contribution in [3.05, 3.63) is 89.0 Å². The van der Waals surface area contributed by atoms with Crippen LogP contribution < -0.4 is 15.9 Å². The molecule has 0 saturated carbocycles. The minimum Gasteiger partial charge on any atom is -0.194 e. The van der Waals surface area contributed by atoms with E-state index in [9.17, 15) is 140 Å². The van der Waals surface area contributed by atoms with Gasteiger partial charge in [0.2, 0.25) is 0 Å². The van der Waals surface area contributed by atoms with Crippen LogP contribution in [0.2, 0.25) is 0 Å². The average Bonchev–Trinajstić information content (AvgIpc) is 3.13. The van der Waals surface area contributed by atoms with E-state index in [4.69, 9.17) is 0 Å². The van der Waals surface area contributed by atoms with Gasteiger partial charge >= 0.3 is 83.9 Å². The summed E-state index contributed by atoms with van der Waals surface area (Å²) >= 11 is 0. The Hall–Kier alpha value is -4.15. The summed E-state index contributed by atoms with van der Waals surface area (Å²) in [7, 11) is -3.71. The molecule has 0 saturated heterocycles. The van der Waals surface area contributed by atoms with E-state index in [0.717, 1.165) is 0 Å². The molecule has 3 aromatic carbocycles. The minimum absolute atomic E-state index is 0.251. The van der Waals surface area contributed by atoms with Gasteiger partial charge < -0.3 is 0 Å². The number of hydrogen-bond donors (Lipinski definition) is 0. The monoisotopic (exact) mass is 1030 g/mol. The lowest BCUT2D eigenvalue weighted by Crippen LogP contribution is -2.69. The molecule has 0 unspecified atom stereocenters. The third-order valence-corrected chi connectivity index (χ3v) is 11.1. The lowest BCUT2D eigenvalue weighted by atomic mass is 9.90. The van der Waals surface area contributed by atoms with Crippen LogP contribution in [0.25, 0.3) is 0 Å². The molecule has 0 radical (unpaired) electrons. The molecule has 0 N–H and O–H groups in total. The van der Waals surface area contributed by atoms with Crippen LogP contribution in [0.3, 0.4) is 0 Å². The second kappa shape index (κ2) is 15.7. The molecule has 0 aliphatic heterocycles. The van der Waals surface area contributed by atoms with Crippen LogP contribution in [0.1, 0.15) is 22.3 Å². The van der Waals surface area contributed by atoms with Crippen molar-refractivity contribution in [1.29, 1.82) is 0 Å². The average molecular weight is 1030 g/mol. The fourth-order valence-electron chi connectivity index (χ4n) is 5.06. The lowest BCUT2D eigenvalue weighted by Gasteiger charge is -2.40. The van der Waals surface area contributed by atoms with Gasteiger partial charge in [-0.1, -0.05) is 48.5 Å². The molecule has 0 amide bonds. The van der Waals surface area contributed by atoms with Gasteiger partial charge in [-0.25, -0.2) is 0 Å². The Morgan fingerprint density at radius 3 is 0.677 bits per heavy atom. The van der Waals surface area contributed by atoms with E-state index in [0.29, 0.717) is 0 Å². The highest BCUT2D eigenvalue weighted by molar-refractivity contribution is 7.79. The van der Waals surface area contributed by atoms with E-state index >= 15 is 0 Å². The molecule has 0 spiro atoms. The summed E-state index contributed by atoms with van der Waals surface area (Å²) in [6.45, 7) is 0. The van der Waals surface area contributed by atoms with Crippen LogP contribution in [0.5, 0.6) is 0 Å². The van der Waals surface area contributed by atoms with Gasteiger partial charge in [-0.05, 0) is 42.0 Å². The summed E-state index contributed by atoms with van der Waals surface area (Å²) in [5, 5.41) is -3.99. The van der Waals surface area contributed by atoms with Gasteiger partial charge in [0, 0.05) is 11.1 Å². The molecular formula is C32H11F32P. The van der Waals surface area contributed by atoms with Crippen LogP contribution in [-0.2, 0) is 24.2 Å². The molecule has 3 rings (SSSR count). The van der Waals surface area contributed by atoms with Crippen molar-refractivity contribution in [2.24, 2.45) is 0 Å². The van der Waals surface area contributed by atoms with E-state index in [1.807, 2.05) is 0 Å². The van der Waals surface area contributed by atoms with Gasteiger partial charge in [0.15, 0.2) is 0 Å². The van der Waals surface area contributed by atoms with Crippen molar-refractivity contribution < 1.29 is 140 Å². The molecule has 0 fully saturated rings. The smallest absolute Gasteiger partial charge is 0.194 e. The Kier molecular flexibility index (Phi) is 13.3. The molecule has 0 heterocycles. The first-order valence-corrected chi connectivity index (χ1v) is 16.9. The van der Waals surface area contributed by atoms with Crippen molar-refractivity contribution in [2.45, 2.75) is 83.9 Å². The Labute approximate surface area is 337 Å². The molecule has 0 atom stereocenters. The predicted molar refractivity (Wildman–Crippen MR) is 155 cm³/mol. The molecule has 0 bridgehead atoms. The van der Waals surface area contributed by atoms with Crippen molar-refractivity contribution in [3.8, 4) is 0 Å². The van der Waals surface area contributed by atoms with Crippen molar-refractivity contribution >= 4 is 23.8 Å². The van der Waals surface area contributed by atoms with Crippen LogP contribution >= 0.6 is 7.92 Å². The molecule has 3 aromatic rings. The highest BCUT2D eigenvalue weighted by atomic mass is 31.1. The Bertz CT molecular complexity index is 2020. The first kappa shape index (κ1) is 55.2. The second-order valence-corrected chi connectivity index (χ2v) is 15.2. The van der Waals surface area contributed by atoms with E-state index in [1.165, 1.54) is 0 Å². The van der Waals surface area contributed by atoms with Gasteiger partial charge in [0.1, 0.15) is 0 Å². The first-order chi connectivity index (χ1) is 28.4. The minimum atomic E-state index is -8.42. The fourth-order valence-corrected chi connectivity index (χ4v) is 7.38. The van der Waals surface area contributed by atoms with Crippen LogP contribution in [0.4, 0.5) is 140 Å². The highest BCUT2D eigenvalue weighted by Crippen LogP contribution is 2.64. The summed E-state index contributed by atoms with van der Waals surface area (Å²) in [6.07, 6.45) is -27.4. The van der Waals surface area contributed by atoms with Gasteiger partial charge in [-0.3, -0.25) is 0 Å². The van der Waals surface area contributed by atoms with Crippen LogP contribution in [0.15, 0.2) is 66.7 Å². The quantitative estimate of drug-likeness (QED) is 0.118. The van der Waals surface area contributed by atoms with Crippen molar-refractivity contribution in [2.75, 3.05) is 0 Å². The van der Waals surface area contributed by atoms with Crippen LogP contribution in [-0.4, -0.2) is 59.7 Å². The van der Waals surface area contributed by atoms with Gasteiger partial charge in [-0.15, -0.1) is 0 Å². The third kappa shape index (κ3) is 8.46. The first-order valence-electron chi connectivity index (χ1n) is 15.6. The van der Waals surface area contributed by atoms with E-state index in [1.54, 1.807) is 0 Å². The standard InChI is InChI=1S/C32H11F32P/c33-19(34,23(43,44)25(47,48)27(51,52)29(55,56)31(59,60)61)12-1-5-16(6-2-12)65(18-10-14(21(37,38)39)9-15(11-18)22(40,41)42)17-7-3-13(4-8-17)20(35,36)24(45,46)26(49,50)28(53,54)30(57,58)32(62,63)64/h1-11H. The summed E-state index contributed by atoms with van der Waals surface area (Å²) in [4.78, 5) is 0. The topological polar surface area (TPSA) is 0 Å².